The smallest absolute Gasteiger partial charge is 0.0541 e. The summed E-state index contributed by atoms with van der Waals surface area (Å²) in [6, 6.07) is 49.3. The van der Waals surface area contributed by atoms with Crippen molar-refractivity contribution in [1.29, 1.82) is 0 Å². The van der Waals surface area contributed by atoms with Crippen LogP contribution in [0.15, 0.2) is 152 Å². The average Bonchev–Trinajstić information content (AvgIpc) is 3.73. The van der Waals surface area contributed by atoms with Crippen LogP contribution in [0.1, 0.15) is 89.8 Å². The summed E-state index contributed by atoms with van der Waals surface area (Å²) in [6.45, 7) is 4.87. The number of para-hydroxylation sites is 3. The van der Waals surface area contributed by atoms with E-state index in [-0.39, 0.29) is 5.41 Å². The molecular weight excluding hydrogens is 629 g/mol. The van der Waals surface area contributed by atoms with Crippen molar-refractivity contribution in [3.05, 3.63) is 197 Å². The van der Waals surface area contributed by atoms with Crippen LogP contribution in [0.2, 0.25) is 0 Å². The molecule has 252 valence electrons. The Kier molecular flexibility index (Phi) is 7.21. The molecule has 2 aromatic heterocycles. The van der Waals surface area contributed by atoms with E-state index in [4.69, 9.17) is 0 Å². The monoisotopic (exact) mass is 670 g/mol. The van der Waals surface area contributed by atoms with Crippen molar-refractivity contribution in [2.45, 2.75) is 50.4 Å². The Hall–Kier alpha value is -5.86. The zero-order valence-corrected chi connectivity index (χ0v) is 29.8. The minimum atomic E-state index is -0.113. The Balaban J connectivity index is 1.22. The first kappa shape index (κ1) is 30.9. The van der Waals surface area contributed by atoms with Gasteiger partial charge in [-0.05, 0) is 89.4 Å². The van der Waals surface area contributed by atoms with E-state index in [0.717, 1.165) is 19.3 Å². The number of rotatable bonds is 5. The van der Waals surface area contributed by atoms with Crippen LogP contribution in [-0.4, -0.2) is 9.13 Å². The third-order valence-corrected chi connectivity index (χ3v) is 12.0. The molecule has 0 aliphatic heterocycles. The molecule has 3 unspecified atom stereocenters. The van der Waals surface area contributed by atoms with E-state index < -0.39 is 0 Å². The van der Waals surface area contributed by atoms with Gasteiger partial charge in [-0.15, -0.1) is 0 Å². The summed E-state index contributed by atoms with van der Waals surface area (Å²) in [5.74, 6) is 0.746. The number of fused-ring (bicyclic) bond motifs is 6. The lowest BCUT2D eigenvalue weighted by Crippen LogP contribution is -2.27. The van der Waals surface area contributed by atoms with Crippen LogP contribution in [0.5, 0.6) is 0 Å². The lowest BCUT2D eigenvalue weighted by Gasteiger charge is -2.35. The van der Waals surface area contributed by atoms with E-state index in [9.17, 15) is 0 Å². The molecule has 3 atom stereocenters. The molecule has 0 N–H and O–H groups in total. The van der Waals surface area contributed by atoms with Crippen LogP contribution in [0, 0.1) is 0 Å². The number of benzene rings is 5. The minimum absolute atomic E-state index is 0.113. The first-order valence-corrected chi connectivity index (χ1v) is 18.8. The van der Waals surface area contributed by atoms with Gasteiger partial charge in [0.1, 0.15) is 0 Å². The van der Waals surface area contributed by atoms with E-state index in [0.29, 0.717) is 11.8 Å². The molecule has 0 fully saturated rings. The molecular formula is C50H42N2. The Morgan fingerprint density at radius 1 is 0.538 bits per heavy atom. The van der Waals surface area contributed by atoms with E-state index >= 15 is 0 Å². The number of allylic oxidation sites excluding steroid dienone is 3. The van der Waals surface area contributed by atoms with Gasteiger partial charge >= 0.3 is 0 Å². The highest BCUT2D eigenvalue weighted by Gasteiger charge is 2.40. The second-order valence-electron chi connectivity index (χ2n) is 15.0. The molecule has 0 amide bonds. The molecule has 0 radical (unpaired) electrons. The number of hydrogen-bond donors (Lipinski definition) is 0. The molecule has 2 heteroatoms. The zero-order valence-electron chi connectivity index (χ0n) is 29.8. The summed E-state index contributed by atoms with van der Waals surface area (Å²) in [5, 5.41) is 1.33. The molecule has 52 heavy (non-hydrogen) atoms. The Bertz CT molecular complexity index is 2570. The molecule has 2 heterocycles. The van der Waals surface area contributed by atoms with E-state index in [2.05, 4.69) is 193 Å². The van der Waals surface area contributed by atoms with Crippen LogP contribution in [0.4, 0.5) is 0 Å². The molecule has 5 aromatic carbocycles. The van der Waals surface area contributed by atoms with Crippen molar-refractivity contribution >= 4 is 29.1 Å². The van der Waals surface area contributed by atoms with Crippen LogP contribution in [0.3, 0.4) is 0 Å². The fourth-order valence-corrected chi connectivity index (χ4v) is 9.66. The molecule has 0 saturated carbocycles. The first-order chi connectivity index (χ1) is 25.6. The van der Waals surface area contributed by atoms with Gasteiger partial charge in [0.15, 0.2) is 0 Å². The second-order valence-corrected chi connectivity index (χ2v) is 15.0. The number of aromatic nitrogens is 2. The Labute approximate surface area is 306 Å². The standard InChI is InChI=1S/C50H42N2/c1-34-18-15-30-44-47(34)49-46(32-17-33-50(49,2)36-21-7-4-8-22-36)52(44)42-28-13-10-24-39(42)38-23-9-12-27-41(38)51-43-29-14-11-25-40(43)48-37(26-16-31-45(48)51)35-19-5-3-6-20-35/h3-17,19-25,27-32,34,37H,18,26,33H2,1-2H3. The van der Waals surface area contributed by atoms with Crippen LogP contribution >= 0.6 is 0 Å². The highest BCUT2D eigenvalue weighted by Crippen LogP contribution is 2.51. The lowest BCUT2D eigenvalue weighted by molar-refractivity contribution is 0.561. The minimum Gasteiger partial charge on any atom is -0.309 e. The normalized spacial score (nSPS) is 20.1. The zero-order chi connectivity index (χ0) is 34.8. The van der Waals surface area contributed by atoms with Gasteiger partial charge in [0, 0.05) is 33.5 Å². The first-order valence-electron chi connectivity index (χ1n) is 18.8. The topological polar surface area (TPSA) is 9.86 Å². The summed E-state index contributed by atoms with van der Waals surface area (Å²) >= 11 is 0. The van der Waals surface area contributed by atoms with Crippen molar-refractivity contribution in [2.75, 3.05) is 0 Å². The van der Waals surface area contributed by atoms with Gasteiger partial charge in [-0.25, -0.2) is 0 Å². The van der Waals surface area contributed by atoms with Crippen molar-refractivity contribution in [2.24, 2.45) is 0 Å². The number of hydrogen-bond acceptors (Lipinski definition) is 0. The van der Waals surface area contributed by atoms with E-state index in [1.165, 1.54) is 78.3 Å². The van der Waals surface area contributed by atoms with E-state index in [1.54, 1.807) is 0 Å². The molecule has 7 aromatic rings. The second kappa shape index (κ2) is 12.1. The predicted molar refractivity (Wildman–Crippen MR) is 219 cm³/mol. The molecule has 0 bridgehead atoms. The highest BCUT2D eigenvalue weighted by molar-refractivity contribution is 5.94. The third kappa shape index (κ3) is 4.57. The number of nitrogens with zero attached hydrogens (tertiary/aromatic N) is 2. The van der Waals surface area contributed by atoms with Crippen molar-refractivity contribution in [3.63, 3.8) is 0 Å². The summed E-state index contributed by atoms with van der Waals surface area (Å²) < 4.78 is 5.10. The summed E-state index contributed by atoms with van der Waals surface area (Å²) in [6.07, 6.45) is 17.3. The van der Waals surface area contributed by atoms with Crippen molar-refractivity contribution in [3.8, 4) is 22.5 Å². The van der Waals surface area contributed by atoms with Crippen LogP contribution < -0.4 is 0 Å². The summed E-state index contributed by atoms with van der Waals surface area (Å²) in [5.41, 5.74) is 17.1. The van der Waals surface area contributed by atoms with Gasteiger partial charge in [-0.3, -0.25) is 0 Å². The van der Waals surface area contributed by atoms with Crippen molar-refractivity contribution in [1.82, 2.24) is 9.13 Å². The van der Waals surface area contributed by atoms with Gasteiger partial charge < -0.3 is 9.13 Å². The van der Waals surface area contributed by atoms with Crippen molar-refractivity contribution < 1.29 is 0 Å². The fraction of sp³-hybridized carbons (Fsp3) is 0.160. The fourth-order valence-electron chi connectivity index (χ4n) is 9.66. The highest BCUT2D eigenvalue weighted by atomic mass is 15.0. The van der Waals surface area contributed by atoms with Crippen LogP contribution in [0.25, 0.3) is 51.6 Å². The summed E-state index contributed by atoms with van der Waals surface area (Å²) in [7, 11) is 0. The van der Waals surface area contributed by atoms with Crippen LogP contribution in [-0.2, 0) is 5.41 Å². The molecule has 0 saturated heterocycles. The molecule has 2 nitrogen and oxygen atoms in total. The van der Waals surface area contributed by atoms with Gasteiger partial charge in [0.05, 0.1) is 28.3 Å². The Morgan fingerprint density at radius 2 is 1.12 bits per heavy atom. The quantitative estimate of drug-likeness (QED) is 0.172. The van der Waals surface area contributed by atoms with Gasteiger partial charge in [-0.1, -0.05) is 147 Å². The molecule has 3 aliphatic rings. The molecule has 0 spiro atoms. The summed E-state index contributed by atoms with van der Waals surface area (Å²) in [4.78, 5) is 0. The third-order valence-electron chi connectivity index (χ3n) is 12.0. The van der Waals surface area contributed by atoms with Gasteiger partial charge in [-0.2, -0.15) is 0 Å². The Morgan fingerprint density at radius 3 is 1.87 bits per heavy atom. The molecule has 10 rings (SSSR count). The maximum Gasteiger partial charge on any atom is 0.0541 e. The predicted octanol–water partition coefficient (Wildman–Crippen LogP) is 12.9. The van der Waals surface area contributed by atoms with Gasteiger partial charge in [0.2, 0.25) is 0 Å². The maximum atomic E-state index is 2.58. The SMILES string of the molecule is CC1CC=Cc2c1c1c(n2-c2ccccc2-c2ccccc2-n2c3c(c4ccccc42)C(c2ccccc2)CC=C3)C=CCC1(C)c1ccccc1. The lowest BCUT2D eigenvalue weighted by atomic mass is 9.68. The molecule has 3 aliphatic carbocycles. The van der Waals surface area contributed by atoms with Gasteiger partial charge in [0.25, 0.3) is 0 Å². The average molecular weight is 671 g/mol. The van der Waals surface area contributed by atoms with E-state index in [1.807, 2.05) is 0 Å². The largest absolute Gasteiger partial charge is 0.309 e. The maximum absolute atomic E-state index is 2.58.